The molecule has 1 aromatic heterocycles. The van der Waals surface area contributed by atoms with E-state index in [0.29, 0.717) is 18.8 Å². The Morgan fingerprint density at radius 3 is 2.89 bits per heavy atom. The predicted molar refractivity (Wildman–Crippen MR) is 81.2 cm³/mol. The lowest BCUT2D eigenvalue weighted by atomic mass is 10.3. The first-order chi connectivity index (χ1) is 9.01. The third-order valence-corrected chi connectivity index (χ3v) is 4.36. The number of benzene rings is 1. The van der Waals surface area contributed by atoms with Crippen molar-refractivity contribution in [2.24, 2.45) is 5.73 Å². The van der Waals surface area contributed by atoms with Crippen molar-refractivity contribution in [1.82, 2.24) is 9.78 Å². The summed E-state index contributed by atoms with van der Waals surface area (Å²) in [5, 5.41) is 3.95. The summed E-state index contributed by atoms with van der Waals surface area (Å²) < 4.78 is 29.2. The van der Waals surface area contributed by atoms with E-state index in [0.717, 1.165) is 3.57 Å². The smallest absolute Gasteiger partial charge is 0.265 e. The van der Waals surface area contributed by atoms with Crippen LogP contribution in [0.15, 0.2) is 41.6 Å². The van der Waals surface area contributed by atoms with Crippen LogP contribution in [-0.4, -0.2) is 24.7 Å². The minimum absolute atomic E-state index is 0.125. The molecule has 0 saturated heterocycles. The van der Waals surface area contributed by atoms with Gasteiger partial charge in [-0.15, -0.1) is 0 Å². The molecule has 0 amide bonds. The highest BCUT2D eigenvalue weighted by Crippen LogP contribution is 2.17. The summed E-state index contributed by atoms with van der Waals surface area (Å²) in [5.41, 5.74) is 5.92. The maximum absolute atomic E-state index is 12.1. The molecular formula is C11H13IN4O2S. The summed E-state index contributed by atoms with van der Waals surface area (Å²) in [5.74, 6) is 0. The van der Waals surface area contributed by atoms with Gasteiger partial charge in [-0.2, -0.15) is 5.10 Å². The molecule has 0 aliphatic rings. The fourth-order valence-electron chi connectivity index (χ4n) is 1.50. The van der Waals surface area contributed by atoms with Gasteiger partial charge in [-0.25, -0.2) is 8.42 Å². The van der Waals surface area contributed by atoms with E-state index >= 15 is 0 Å². The van der Waals surface area contributed by atoms with E-state index in [1.165, 1.54) is 17.1 Å². The zero-order valence-corrected chi connectivity index (χ0v) is 12.9. The number of halogens is 1. The molecule has 2 rings (SSSR count). The number of sulfonamides is 1. The van der Waals surface area contributed by atoms with Crippen LogP contribution in [0.2, 0.25) is 0 Å². The summed E-state index contributed by atoms with van der Waals surface area (Å²) in [7, 11) is -3.61. The summed E-state index contributed by atoms with van der Waals surface area (Å²) in [6.07, 6.45) is 2.77. The molecule has 0 spiro atoms. The van der Waals surface area contributed by atoms with Crippen LogP contribution in [0.1, 0.15) is 0 Å². The molecule has 1 heterocycles. The lowest BCUT2D eigenvalue weighted by Gasteiger charge is -2.06. The van der Waals surface area contributed by atoms with Crippen molar-refractivity contribution in [3.8, 4) is 0 Å². The highest BCUT2D eigenvalue weighted by molar-refractivity contribution is 14.1. The summed E-state index contributed by atoms with van der Waals surface area (Å²) >= 11 is 2.12. The molecule has 8 heteroatoms. The third kappa shape index (κ3) is 3.67. The fourth-order valence-corrected chi connectivity index (χ4v) is 3.05. The van der Waals surface area contributed by atoms with Crippen LogP contribution in [0, 0.1) is 3.57 Å². The summed E-state index contributed by atoms with van der Waals surface area (Å²) in [6.45, 7) is 0.893. The van der Waals surface area contributed by atoms with E-state index < -0.39 is 10.0 Å². The second-order valence-electron chi connectivity index (χ2n) is 3.84. The van der Waals surface area contributed by atoms with E-state index in [1.807, 2.05) is 6.07 Å². The second kappa shape index (κ2) is 5.88. The quantitative estimate of drug-likeness (QED) is 0.750. The standard InChI is InChI=1S/C11H13IN4O2S/c12-9-2-1-3-10(6-9)15-19(17,18)11-7-14-16(8-11)5-4-13/h1-3,6-8,15H,4-5,13H2. The Labute approximate surface area is 125 Å². The molecule has 6 nitrogen and oxygen atoms in total. The molecule has 0 unspecified atom stereocenters. The van der Waals surface area contributed by atoms with Crippen molar-refractivity contribution in [2.75, 3.05) is 11.3 Å². The van der Waals surface area contributed by atoms with Gasteiger partial charge >= 0.3 is 0 Å². The monoisotopic (exact) mass is 392 g/mol. The molecule has 0 bridgehead atoms. The molecule has 19 heavy (non-hydrogen) atoms. The van der Waals surface area contributed by atoms with Crippen LogP contribution in [0.3, 0.4) is 0 Å². The molecular weight excluding hydrogens is 379 g/mol. The molecule has 2 aromatic rings. The highest BCUT2D eigenvalue weighted by atomic mass is 127. The van der Waals surface area contributed by atoms with Gasteiger partial charge in [-0.05, 0) is 40.8 Å². The van der Waals surface area contributed by atoms with E-state index in [9.17, 15) is 8.42 Å². The van der Waals surface area contributed by atoms with E-state index in [2.05, 4.69) is 32.4 Å². The molecule has 0 radical (unpaired) electrons. The predicted octanol–water partition coefficient (Wildman–Crippen LogP) is 1.25. The molecule has 0 atom stereocenters. The van der Waals surface area contributed by atoms with Crippen LogP contribution in [0.25, 0.3) is 0 Å². The first kappa shape index (κ1) is 14.3. The normalized spacial score (nSPS) is 11.5. The van der Waals surface area contributed by atoms with Crippen molar-refractivity contribution >= 4 is 38.3 Å². The van der Waals surface area contributed by atoms with Gasteiger partial charge in [0.1, 0.15) is 4.90 Å². The first-order valence-electron chi connectivity index (χ1n) is 5.52. The number of nitrogens with two attached hydrogens (primary N) is 1. The summed E-state index contributed by atoms with van der Waals surface area (Å²) in [6, 6.07) is 7.13. The van der Waals surface area contributed by atoms with Crippen LogP contribution in [-0.2, 0) is 16.6 Å². The van der Waals surface area contributed by atoms with E-state index in [4.69, 9.17) is 5.73 Å². The Balaban J connectivity index is 2.22. The van der Waals surface area contributed by atoms with Crippen molar-refractivity contribution < 1.29 is 8.42 Å². The van der Waals surface area contributed by atoms with Gasteiger partial charge in [0.05, 0.1) is 12.7 Å². The molecule has 3 N–H and O–H groups in total. The number of hydrogen-bond acceptors (Lipinski definition) is 4. The van der Waals surface area contributed by atoms with Gasteiger partial charge < -0.3 is 5.73 Å². The Hall–Kier alpha value is -1.13. The Kier molecular flexibility index (Phi) is 4.42. The maximum Gasteiger partial charge on any atom is 0.265 e. The van der Waals surface area contributed by atoms with Crippen LogP contribution in [0.4, 0.5) is 5.69 Å². The van der Waals surface area contributed by atoms with Crippen LogP contribution >= 0.6 is 22.6 Å². The number of nitrogens with zero attached hydrogens (tertiary/aromatic N) is 2. The van der Waals surface area contributed by atoms with Gasteiger partial charge in [0.2, 0.25) is 0 Å². The number of hydrogen-bond donors (Lipinski definition) is 2. The average Bonchev–Trinajstić information content (AvgIpc) is 2.78. The number of rotatable bonds is 5. The Morgan fingerprint density at radius 1 is 1.42 bits per heavy atom. The third-order valence-electron chi connectivity index (χ3n) is 2.35. The minimum atomic E-state index is -3.61. The average molecular weight is 392 g/mol. The lowest BCUT2D eigenvalue weighted by Crippen LogP contribution is -2.13. The molecule has 0 aliphatic carbocycles. The van der Waals surface area contributed by atoms with Crippen molar-refractivity contribution in [3.05, 3.63) is 40.2 Å². The minimum Gasteiger partial charge on any atom is -0.329 e. The first-order valence-corrected chi connectivity index (χ1v) is 8.08. The lowest BCUT2D eigenvalue weighted by molar-refractivity contribution is 0.599. The molecule has 1 aromatic carbocycles. The molecule has 0 fully saturated rings. The van der Waals surface area contributed by atoms with Gasteiger partial charge in [-0.3, -0.25) is 9.40 Å². The molecule has 0 aliphatic heterocycles. The topological polar surface area (TPSA) is 90.0 Å². The number of anilines is 1. The van der Waals surface area contributed by atoms with Crippen LogP contribution in [0.5, 0.6) is 0 Å². The van der Waals surface area contributed by atoms with Crippen molar-refractivity contribution in [3.63, 3.8) is 0 Å². The largest absolute Gasteiger partial charge is 0.329 e. The second-order valence-corrected chi connectivity index (χ2v) is 6.77. The van der Waals surface area contributed by atoms with Crippen LogP contribution < -0.4 is 10.5 Å². The van der Waals surface area contributed by atoms with Gasteiger partial charge in [0, 0.05) is 22.0 Å². The van der Waals surface area contributed by atoms with E-state index in [1.54, 1.807) is 18.2 Å². The molecule has 102 valence electrons. The van der Waals surface area contributed by atoms with Crippen molar-refractivity contribution in [2.45, 2.75) is 11.4 Å². The summed E-state index contributed by atoms with van der Waals surface area (Å²) in [4.78, 5) is 0.125. The Bertz CT molecular complexity index is 669. The highest BCUT2D eigenvalue weighted by Gasteiger charge is 2.16. The van der Waals surface area contributed by atoms with Gasteiger partial charge in [-0.1, -0.05) is 6.07 Å². The maximum atomic E-state index is 12.1. The SMILES string of the molecule is NCCn1cc(S(=O)(=O)Nc2cccc(I)c2)cn1. The molecule has 0 saturated carbocycles. The number of aromatic nitrogens is 2. The van der Waals surface area contributed by atoms with Crippen molar-refractivity contribution in [1.29, 1.82) is 0 Å². The van der Waals surface area contributed by atoms with Gasteiger partial charge in [0.15, 0.2) is 0 Å². The van der Waals surface area contributed by atoms with Gasteiger partial charge in [0.25, 0.3) is 10.0 Å². The zero-order chi connectivity index (χ0) is 13.9. The fraction of sp³-hybridized carbons (Fsp3) is 0.182. The zero-order valence-electron chi connectivity index (χ0n) is 9.95. The Morgan fingerprint density at radius 2 is 2.21 bits per heavy atom. The van der Waals surface area contributed by atoms with E-state index in [-0.39, 0.29) is 4.90 Å². The number of nitrogens with one attached hydrogen (secondary N) is 1.